The molecule has 0 unspecified atom stereocenters. The Balaban J connectivity index is 0.000000321. The molecular weight excluding hydrogens is 372 g/mol. The summed E-state index contributed by atoms with van der Waals surface area (Å²) in [6.07, 6.45) is -3.23. The Morgan fingerprint density at radius 2 is 1.78 bits per heavy atom. The average Bonchev–Trinajstić information content (AvgIpc) is 2.61. The molecule has 27 heavy (non-hydrogen) atoms. The summed E-state index contributed by atoms with van der Waals surface area (Å²) in [6, 6.07) is 6.66. The molecule has 1 spiro atoms. The topological polar surface area (TPSA) is 78.9 Å². The van der Waals surface area contributed by atoms with E-state index in [4.69, 9.17) is 14.6 Å². The second-order valence-corrected chi connectivity index (χ2v) is 6.45. The first-order valence-electron chi connectivity index (χ1n) is 8.27. The van der Waals surface area contributed by atoms with Crippen LogP contribution in [0.25, 0.3) is 0 Å². The van der Waals surface area contributed by atoms with E-state index in [0.717, 1.165) is 38.0 Å². The maximum absolute atomic E-state index is 12.9. The number of ether oxygens (including phenoxy) is 1. The molecule has 150 valence electrons. The smallest absolute Gasteiger partial charge is 0.475 e. The summed E-state index contributed by atoms with van der Waals surface area (Å²) in [5.41, 5.74) is 0.952. The molecule has 2 N–H and O–H groups in total. The molecule has 2 heterocycles. The second kappa shape index (κ2) is 8.66. The first-order chi connectivity index (χ1) is 12.6. The molecule has 2 aliphatic rings. The van der Waals surface area contributed by atoms with Gasteiger partial charge in [-0.25, -0.2) is 9.18 Å². The highest BCUT2D eigenvalue weighted by Crippen LogP contribution is 2.28. The van der Waals surface area contributed by atoms with E-state index in [9.17, 15) is 22.4 Å². The van der Waals surface area contributed by atoms with Crippen LogP contribution in [0.2, 0.25) is 0 Å². The molecule has 0 radical (unpaired) electrons. The minimum atomic E-state index is -5.08. The van der Waals surface area contributed by atoms with E-state index in [-0.39, 0.29) is 23.9 Å². The molecule has 1 aromatic rings. The average molecular weight is 392 g/mol. The maximum atomic E-state index is 12.9. The first kappa shape index (κ1) is 21.1. The van der Waals surface area contributed by atoms with Gasteiger partial charge in [-0.2, -0.15) is 13.2 Å². The van der Waals surface area contributed by atoms with E-state index in [1.54, 1.807) is 0 Å². The van der Waals surface area contributed by atoms with Crippen molar-refractivity contribution in [2.75, 3.05) is 26.2 Å². The van der Waals surface area contributed by atoms with Crippen LogP contribution in [0.4, 0.5) is 17.6 Å². The lowest BCUT2D eigenvalue weighted by Gasteiger charge is -2.43. The number of carboxylic acid groups (broad SMARTS) is 1. The molecule has 2 saturated heterocycles. The van der Waals surface area contributed by atoms with E-state index in [0.29, 0.717) is 6.54 Å². The zero-order chi connectivity index (χ0) is 20.1. The van der Waals surface area contributed by atoms with Gasteiger partial charge in [0.05, 0.1) is 5.60 Å². The van der Waals surface area contributed by atoms with Crippen molar-refractivity contribution in [3.63, 3.8) is 0 Å². The van der Waals surface area contributed by atoms with Crippen molar-refractivity contribution in [2.24, 2.45) is 0 Å². The number of halogens is 4. The minimum absolute atomic E-state index is 0.0237. The van der Waals surface area contributed by atoms with Gasteiger partial charge in [-0.15, -0.1) is 0 Å². The van der Waals surface area contributed by atoms with Gasteiger partial charge in [0.2, 0.25) is 5.91 Å². The van der Waals surface area contributed by atoms with Gasteiger partial charge in [0, 0.05) is 26.2 Å². The van der Waals surface area contributed by atoms with Crippen molar-refractivity contribution in [1.29, 1.82) is 0 Å². The summed E-state index contributed by atoms with van der Waals surface area (Å²) in [6.45, 7) is 3.51. The van der Waals surface area contributed by atoms with Crippen LogP contribution in [0.1, 0.15) is 18.4 Å². The molecule has 0 atom stereocenters. The number of carboxylic acids is 1. The largest absolute Gasteiger partial charge is 0.490 e. The number of alkyl halides is 3. The standard InChI is InChI=1S/C15H19FN2O2.C2HF3O2/c16-13-3-1-12(2-4-13)9-18-7-5-15(6-8-18)11-17-14(19)10-20-15;3-2(4,5)1(6)7/h1-4H,5-11H2,(H,17,19);(H,6,7). The summed E-state index contributed by atoms with van der Waals surface area (Å²) >= 11 is 0. The Hall–Kier alpha value is -2.20. The van der Waals surface area contributed by atoms with Gasteiger partial charge in [-0.3, -0.25) is 9.69 Å². The number of likely N-dealkylation sites (tertiary alicyclic amines) is 1. The molecular formula is C17H20F4N2O4. The Labute approximate surface area is 153 Å². The quantitative estimate of drug-likeness (QED) is 0.753. The van der Waals surface area contributed by atoms with Gasteiger partial charge in [0.15, 0.2) is 0 Å². The van der Waals surface area contributed by atoms with Crippen LogP contribution in [0, 0.1) is 5.82 Å². The summed E-state index contributed by atoms with van der Waals surface area (Å²) in [5, 5.41) is 10.0. The lowest BCUT2D eigenvalue weighted by Crippen LogP contribution is -2.57. The monoisotopic (exact) mass is 392 g/mol. The summed E-state index contributed by atoms with van der Waals surface area (Å²) in [4.78, 5) is 22.4. The molecule has 0 saturated carbocycles. The number of carbonyl (C=O) groups is 2. The van der Waals surface area contributed by atoms with Crippen molar-refractivity contribution in [2.45, 2.75) is 31.2 Å². The molecule has 2 aliphatic heterocycles. The Kier molecular flexibility index (Phi) is 6.77. The lowest BCUT2D eigenvalue weighted by molar-refractivity contribution is -0.192. The van der Waals surface area contributed by atoms with E-state index < -0.39 is 12.1 Å². The number of rotatable bonds is 2. The molecule has 1 amide bonds. The molecule has 0 aliphatic carbocycles. The summed E-state index contributed by atoms with van der Waals surface area (Å²) < 4.78 is 50.4. The molecule has 0 aromatic heterocycles. The molecule has 1 aromatic carbocycles. The van der Waals surface area contributed by atoms with Crippen LogP contribution in [-0.2, 0) is 20.9 Å². The normalized spacial score (nSPS) is 19.8. The van der Waals surface area contributed by atoms with Crippen LogP contribution in [0.5, 0.6) is 0 Å². The number of piperidine rings is 1. The van der Waals surface area contributed by atoms with Crippen LogP contribution >= 0.6 is 0 Å². The van der Waals surface area contributed by atoms with Gasteiger partial charge in [-0.1, -0.05) is 12.1 Å². The predicted molar refractivity (Wildman–Crippen MR) is 86.3 cm³/mol. The molecule has 0 bridgehead atoms. The third kappa shape index (κ3) is 6.47. The third-order valence-corrected chi connectivity index (χ3v) is 4.45. The van der Waals surface area contributed by atoms with Crippen molar-refractivity contribution in [3.8, 4) is 0 Å². The number of benzene rings is 1. The number of carbonyl (C=O) groups excluding carboxylic acids is 1. The highest BCUT2D eigenvalue weighted by atomic mass is 19.4. The Morgan fingerprint density at radius 1 is 1.22 bits per heavy atom. The number of hydrogen-bond acceptors (Lipinski definition) is 4. The minimum Gasteiger partial charge on any atom is -0.475 e. The van der Waals surface area contributed by atoms with E-state index in [1.807, 2.05) is 12.1 Å². The first-order valence-corrected chi connectivity index (χ1v) is 8.27. The third-order valence-electron chi connectivity index (χ3n) is 4.45. The second-order valence-electron chi connectivity index (χ2n) is 6.45. The number of aliphatic carboxylic acids is 1. The fourth-order valence-corrected chi connectivity index (χ4v) is 2.87. The Bertz CT molecular complexity index is 644. The SMILES string of the molecule is O=C(O)C(F)(F)F.O=C1COC2(CCN(Cc3ccc(F)cc3)CC2)CN1. The van der Waals surface area contributed by atoms with Gasteiger partial charge < -0.3 is 15.2 Å². The van der Waals surface area contributed by atoms with E-state index >= 15 is 0 Å². The maximum Gasteiger partial charge on any atom is 0.490 e. The van der Waals surface area contributed by atoms with Crippen LogP contribution in [0.15, 0.2) is 24.3 Å². The van der Waals surface area contributed by atoms with Crippen LogP contribution in [0.3, 0.4) is 0 Å². The van der Waals surface area contributed by atoms with Crippen molar-refractivity contribution >= 4 is 11.9 Å². The number of morpholine rings is 1. The molecule has 6 nitrogen and oxygen atoms in total. The van der Waals surface area contributed by atoms with Gasteiger partial charge in [0.1, 0.15) is 12.4 Å². The fourth-order valence-electron chi connectivity index (χ4n) is 2.87. The highest BCUT2D eigenvalue weighted by molar-refractivity contribution is 5.78. The van der Waals surface area contributed by atoms with Gasteiger partial charge in [0.25, 0.3) is 0 Å². The number of amides is 1. The van der Waals surface area contributed by atoms with Crippen molar-refractivity contribution in [3.05, 3.63) is 35.6 Å². The fraction of sp³-hybridized carbons (Fsp3) is 0.529. The number of hydrogen-bond donors (Lipinski definition) is 2. The Morgan fingerprint density at radius 3 is 2.22 bits per heavy atom. The van der Waals surface area contributed by atoms with Crippen molar-refractivity contribution < 1.29 is 37.0 Å². The number of nitrogens with one attached hydrogen (secondary N) is 1. The number of nitrogens with zero attached hydrogens (tertiary/aromatic N) is 1. The van der Waals surface area contributed by atoms with E-state index in [1.165, 1.54) is 12.1 Å². The lowest BCUT2D eigenvalue weighted by atomic mass is 9.90. The van der Waals surface area contributed by atoms with E-state index in [2.05, 4.69) is 10.2 Å². The molecule has 2 fully saturated rings. The zero-order valence-electron chi connectivity index (χ0n) is 14.4. The summed E-state index contributed by atoms with van der Waals surface area (Å²) in [7, 11) is 0. The predicted octanol–water partition coefficient (Wildman–Crippen LogP) is 1.94. The van der Waals surface area contributed by atoms with Gasteiger partial charge in [-0.05, 0) is 30.5 Å². The van der Waals surface area contributed by atoms with Crippen LogP contribution in [-0.4, -0.2) is 59.9 Å². The van der Waals surface area contributed by atoms with Crippen LogP contribution < -0.4 is 5.32 Å². The van der Waals surface area contributed by atoms with Gasteiger partial charge >= 0.3 is 12.1 Å². The summed E-state index contributed by atoms with van der Waals surface area (Å²) in [5.74, 6) is -2.98. The molecule has 10 heteroatoms. The van der Waals surface area contributed by atoms with Crippen molar-refractivity contribution in [1.82, 2.24) is 10.2 Å². The zero-order valence-corrected chi connectivity index (χ0v) is 14.4. The molecule has 3 rings (SSSR count). The highest BCUT2D eigenvalue weighted by Gasteiger charge is 2.39.